The number of nitriles is 1. The Hall–Kier alpha value is -3.34. The van der Waals surface area contributed by atoms with Crippen molar-refractivity contribution >= 4 is 5.95 Å². The highest BCUT2D eigenvalue weighted by Crippen LogP contribution is 2.34. The molecule has 0 fully saturated rings. The van der Waals surface area contributed by atoms with Gasteiger partial charge in [-0.15, -0.1) is 5.10 Å². The van der Waals surface area contributed by atoms with Gasteiger partial charge in [0, 0.05) is 12.2 Å². The molecule has 1 aromatic carbocycles. The smallest absolute Gasteiger partial charge is 0.240 e. The van der Waals surface area contributed by atoms with Crippen LogP contribution in [0.3, 0.4) is 0 Å². The Morgan fingerprint density at radius 2 is 2.12 bits per heavy atom. The van der Waals surface area contributed by atoms with E-state index in [4.69, 9.17) is 20.7 Å². The number of ether oxygens (including phenoxy) is 1. The maximum absolute atomic E-state index is 9.09. The van der Waals surface area contributed by atoms with Gasteiger partial charge in [0.15, 0.2) is 5.82 Å². The Morgan fingerprint density at radius 1 is 1.28 bits per heavy atom. The van der Waals surface area contributed by atoms with Gasteiger partial charge in [0.05, 0.1) is 23.7 Å². The van der Waals surface area contributed by atoms with Gasteiger partial charge in [-0.25, -0.2) is 9.67 Å². The fourth-order valence-electron chi connectivity index (χ4n) is 2.93. The Morgan fingerprint density at radius 3 is 2.88 bits per heavy atom. The third kappa shape index (κ3) is 2.50. The Bertz CT molecular complexity index is 993. The summed E-state index contributed by atoms with van der Waals surface area (Å²) in [5.74, 6) is 2.32. The van der Waals surface area contributed by atoms with Crippen LogP contribution in [0.25, 0.3) is 22.9 Å². The Kier molecular flexibility index (Phi) is 3.42. The average Bonchev–Trinajstić information content (AvgIpc) is 3.14. The number of anilines is 1. The number of imidazole rings is 1. The minimum Gasteiger partial charge on any atom is -0.491 e. The fourth-order valence-corrected chi connectivity index (χ4v) is 2.93. The van der Waals surface area contributed by atoms with Crippen molar-refractivity contribution in [3.05, 3.63) is 30.0 Å². The molecule has 0 radical (unpaired) electrons. The third-order valence-corrected chi connectivity index (χ3v) is 4.08. The van der Waals surface area contributed by atoms with E-state index in [9.17, 15) is 0 Å². The Balaban J connectivity index is 1.86. The summed E-state index contributed by atoms with van der Waals surface area (Å²) < 4.78 is 9.58. The molecular weight excluding hydrogens is 318 g/mol. The number of aromatic nitrogens is 5. The van der Waals surface area contributed by atoms with Crippen LogP contribution < -0.4 is 10.5 Å². The highest BCUT2D eigenvalue weighted by atomic mass is 16.5. The van der Waals surface area contributed by atoms with Gasteiger partial charge in [-0.2, -0.15) is 10.2 Å². The molecule has 2 N–H and O–H groups in total. The lowest BCUT2D eigenvalue weighted by Crippen LogP contribution is -2.06. The zero-order valence-corrected chi connectivity index (χ0v) is 14.0. The van der Waals surface area contributed by atoms with Crippen LogP contribution in [0.5, 0.6) is 5.75 Å². The topological polar surface area (TPSA) is 108 Å². The molecular formula is C17H17N7O. The standard InChI is InChI=1S/C17H17N7O/c1-10(2)24-16(21-17(19)22-24)13-9-23-5-6-25-14-7-11(8-18)3-4-12(14)15(23)20-13/h3-4,7,9-10H,5-6H2,1-2H3,(H2,19,22). The predicted octanol–water partition coefficient (Wildman–Crippen LogP) is 2.24. The summed E-state index contributed by atoms with van der Waals surface area (Å²) in [5, 5.41) is 13.3. The van der Waals surface area contributed by atoms with E-state index in [1.807, 2.05) is 30.7 Å². The van der Waals surface area contributed by atoms with E-state index in [0.29, 0.717) is 36.0 Å². The van der Waals surface area contributed by atoms with Crippen molar-refractivity contribution in [2.24, 2.45) is 0 Å². The lowest BCUT2D eigenvalue weighted by Gasteiger charge is -2.07. The maximum atomic E-state index is 9.09. The molecule has 0 unspecified atom stereocenters. The second-order valence-corrected chi connectivity index (χ2v) is 6.15. The van der Waals surface area contributed by atoms with E-state index < -0.39 is 0 Å². The lowest BCUT2D eigenvalue weighted by atomic mass is 10.1. The second kappa shape index (κ2) is 5.63. The molecule has 1 aliphatic rings. The van der Waals surface area contributed by atoms with E-state index in [-0.39, 0.29) is 12.0 Å². The molecule has 4 rings (SSSR count). The first-order valence-electron chi connectivity index (χ1n) is 8.03. The molecule has 0 spiro atoms. The van der Waals surface area contributed by atoms with Crippen LogP contribution in [-0.2, 0) is 6.54 Å². The summed E-state index contributed by atoms with van der Waals surface area (Å²) in [5.41, 5.74) is 7.91. The number of hydrogen-bond acceptors (Lipinski definition) is 6. The molecule has 2 aromatic heterocycles. The second-order valence-electron chi connectivity index (χ2n) is 6.15. The number of hydrogen-bond donors (Lipinski definition) is 1. The number of benzene rings is 1. The first kappa shape index (κ1) is 15.2. The van der Waals surface area contributed by atoms with Crippen LogP contribution in [0.1, 0.15) is 25.5 Å². The molecule has 1 aliphatic heterocycles. The molecule has 3 aromatic rings. The molecule has 0 amide bonds. The summed E-state index contributed by atoms with van der Waals surface area (Å²) in [7, 11) is 0. The van der Waals surface area contributed by atoms with Gasteiger partial charge in [-0.3, -0.25) is 0 Å². The first-order valence-corrected chi connectivity index (χ1v) is 8.03. The van der Waals surface area contributed by atoms with E-state index in [1.54, 1.807) is 16.8 Å². The van der Waals surface area contributed by atoms with Gasteiger partial charge in [0.25, 0.3) is 0 Å². The quantitative estimate of drug-likeness (QED) is 0.769. The summed E-state index contributed by atoms with van der Waals surface area (Å²) in [6.07, 6.45) is 1.94. The minimum absolute atomic E-state index is 0.120. The van der Waals surface area contributed by atoms with Crippen LogP contribution in [0, 0.1) is 11.3 Å². The predicted molar refractivity (Wildman–Crippen MR) is 91.7 cm³/mol. The van der Waals surface area contributed by atoms with Crippen LogP contribution in [0.4, 0.5) is 5.95 Å². The summed E-state index contributed by atoms with van der Waals surface area (Å²) in [4.78, 5) is 9.09. The van der Waals surface area contributed by atoms with E-state index in [2.05, 4.69) is 16.2 Å². The van der Waals surface area contributed by atoms with Crippen molar-refractivity contribution in [1.29, 1.82) is 5.26 Å². The van der Waals surface area contributed by atoms with Gasteiger partial charge >= 0.3 is 0 Å². The molecule has 0 saturated heterocycles. The SMILES string of the molecule is CC(C)n1nc(N)nc1-c1cn2c(n1)-c1ccc(C#N)cc1OCC2. The summed E-state index contributed by atoms with van der Waals surface area (Å²) in [6, 6.07) is 7.63. The van der Waals surface area contributed by atoms with Crippen LogP contribution in [0.2, 0.25) is 0 Å². The van der Waals surface area contributed by atoms with Crippen molar-refractivity contribution in [3.8, 4) is 34.7 Å². The van der Waals surface area contributed by atoms with Gasteiger partial charge < -0.3 is 15.0 Å². The molecule has 0 atom stereocenters. The molecule has 0 bridgehead atoms. The maximum Gasteiger partial charge on any atom is 0.240 e. The third-order valence-electron chi connectivity index (χ3n) is 4.08. The van der Waals surface area contributed by atoms with Gasteiger partial charge in [0.2, 0.25) is 5.95 Å². The monoisotopic (exact) mass is 335 g/mol. The molecule has 8 heteroatoms. The first-order chi connectivity index (χ1) is 12.1. The highest BCUT2D eigenvalue weighted by Gasteiger charge is 2.22. The van der Waals surface area contributed by atoms with Crippen LogP contribution >= 0.6 is 0 Å². The fraction of sp³-hybridized carbons (Fsp3) is 0.294. The molecule has 0 saturated carbocycles. The van der Waals surface area contributed by atoms with E-state index >= 15 is 0 Å². The number of rotatable bonds is 2. The van der Waals surface area contributed by atoms with E-state index in [0.717, 1.165) is 11.4 Å². The minimum atomic E-state index is 0.120. The normalized spacial score (nSPS) is 12.9. The summed E-state index contributed by atoms with van der Waals surface area (Å²) in [6.45, 7) is 5.20. The van der Waals surface area contributed by atoms with Gasteiger partial charge in [-0.05, 0) is 32.0 Å². The summed E-state index contributed by atoms with van der Waals surface area (Å²) >= 11 is 0. The lowest BCUT2D eigenvalue weighted by molar-refractivity contribution is 0.306. The van der Waals surface area contributed by atoms with Gasteiger partial charge in [0.1, 0.15) is 23.9 Å². The molecule has 8 nitrogen and oxygen atoms in total. The molecule has 3 heterocycles. The van der Waals surface area contributed by atoms with Crippen molar-refractivity contribution in [2.45, 2.75) is 26.4 Å². The molecule has 126 valence electrons. The average molecular weight is 335 g/mol. The van der Waals surface area contributed by atoms with Crippen LogP contribution in [-0.4, -0.2) is 30.9 Å². The highest BCUT2D eigenvalue weighted by molar-refractivity contribution is 5.69. The molecule has 25 heavy (non-hydrogen) atoms. The van der Waals surface area contributed by atoms with Crippen molar-refractivity contribution in [3.63, 3.8) is 0 Å². The van der Waals surface area contributed by atoms with E-state index in [1.165, 1.54) is 0 Å². The number of nitrogens with zero attached hydrogens (tertiary/aromatic N) is 6. The number of nitrogen functional groups attached to an aromatic ring is 1. The van der Waals surface area contributed by atoms with Crippen LogP contribution in [0.15, 0.2) is 24.4 Å². The van der Waals surface area contributed by atoms with Crippen molar-refractivity contribution in [2.75, 3.05) is 12.3 Å². The van der Waals surface area contributed by atoms with Crippen molar-refractivity contribution in [1.82, 2.24) is 24.3 Å². The Labute approximate surface area is 144 Å². The molecule has 0 aliphatic carbocycles. The zero-order chi connectivity index (χ0) is 17.6. The zero-order valence-electron chi connectivity index (χ0n) is 14.0. The largest absolute Gasteiger partial charge is 0.491 e. The van der Waals surface area contributed by atoms with Crippen molar-refractivity contribution < 1.29 is 4.74 Å². The van der Waals surface area contributed by atoms with Gasteiger partial charge in [-0.1, -0.05) is 0 Å². The number of fused-ring (bicyclic) bond motifs is 3. The number of nitrogens with two attached hydrogens (primary N) is 1.